The van der Waals surface area contributed by atoms with Gasteiger partial charge in [-0.1, -0.05) is 12.1 Å². The van der Waals surface area contributed by atoms with Crippen LogP contribution in [-0.2, 0) is 10.0 Å². The Labute approximate surface area is 125 Å². The second-order valence-corrected chi connectivity index (χ2v) is 6.65. The van der Waals surface area contributed by atoms with Crippen LogP contribution < -0.4 is 9.62 Å². The van der Waals surface area contributed by atoms with E-state index in [1.165, 1.54) is 10.5 Å². The summed E-state index contributed by atoms with van der Waals surface area (Å²) in [7, 11) is -2.10. The highest BCUT2D eigenvalue weighted by Crippen LogP contribution is 2.26. The maximum absolute atomic E-state index is 12.8. The summed E-state index contributed by atoms with van der Waals surface area (Å²) in [5.41, 5.74) is 2.20. The van der Waals surface area contributed by atoms with Crippen LogP contribution >= 0.6 is 0 Å². The third-order valence-electron chi connectivity index (χ3n) is 3.16. The van der Waals surface area contributed by atoms with Gasteiger partial charge in [-0.05, 0) is 37.6 Å². The van der Waals surface area contributed by atoms with Gasteiger partial charge in [0.25, 0.3) is 10.0 Å². The van der Waals surface area contributed by atoms with Crippen molar-refractivity contribution < 1.29 is 8.42 Å². The normalized spacial score (nSPS) is 11.2. The number of hydrogen-bond donors (Lipinski definition) is 1. The molecule has 0 amide bonds. The predicted octanol–water partition coefficient (Wildman–Crippen LogP) is 2.65. The van der Waals surface area contributed by atoms with Gasteiger partial charge >= 0.3 is 0 Å². The molecule has 2 rings (SSSR count). The molecule has 0 fully saturated rings. The third kappa shape index (κ3) is 3.16. The quantitative estimate of drug-likeness (QED) is 0.922. The van der Waals surface area contributed by atoms with Gasteiger partial charge in [0.15, 0.2) is 0 Å². The van der Waals surface area contributed by atoms with Crippen molar-refractivity contribution in [2.24, 2.45) is 0 Å². The fourth-order valence-electron chi connectivity index (χ4n) is 2.03. The Morgan fingerprint density at radius 2 is 2.05 bits per heavy atom. The minimum Gasteiger partial charge on any atom is -0.384 e. The molecule has 1 aromatic carbocycles. The lowest BCUT2D eigenvalue weighted by Gasteiger charge is -2.21. The van der Waals surface area contributed by atoms with Crippen molar-refractivity contribution in [2.45, 2.75) is 18.7 Å². The van der Waals surface area contributed by atoms with E-state index in [1.54, 1.807) is 25.4 Å². The van der Waals surface area contributed by atoms with Gasteiger partial charge in [0.1, 0.15) is 4.90 Å². The fourth-order valence-corrected chi connectivity index (χ4v) is 3.33. The lowest BCUT2D eigenvalue weighted by molar-refractivity contribution is 0.594. The van der Waals surface area contributed by atoms with E-state index in [9.17, 15) is 8.42 Å². The third-order valence-corrected chi connectivity index (χ3v) is 4.97. The number of pyridine rings is 1. The monoisotopic (exact) mass is 305 g/mol. The van der Waals surface area contributed by atoms with Gasteiger partial charge in [0.05, 0.1) is 11.4 Å². The molecule has 0 saturated heterocycles. The maximum Gasteiger partial charge on any atom is 0.267 e. The van der Waals surface area contributed by atoms with Gasteiger partial charge < -0.3 is 5.32 Å². The summed E-state index contributed by atoms with van der Waals surface area (Å²) in [6.07, 6.45) is 2.95. The number of benzene rings is 1. The molecule has 0 aliphatic heterocycles. The molecule has 0 aliphatic carbocycles. The zero-order valence-electron chi connectivity index (χ0n) is 12.4. The number of sulfonamides is 1. The molecule has 0 spiro atoms. The molecule has 21 heavy (non-hydrogen) atoms. The predicted molar refractivity (Wildman–Crippen MR) is 85.2 cm³/mol. The maximum atomic E-state index is 12.8. The van der Waals surface area contributed by atoms with Crippen molar-refractivity contribution in [1.82, 2.24) is 4.98 Å². The number of anilines is 2. The largest absolute Gasteiger partial charge is 0.384 e. The highest BCUT2D eigenvalue weighted by molar-refractivity contribution is 7.93. The zero-order valence-corrected chi connectivity index (χ0v) is 13.2. The molecule has 1 heterocycles. The number of aryl methyl sites for hydroxylation is 1. The van der Waals surface area contributed by atoms with Crippen LogP contribution in [0.2, 0.25) is 0 Å². The van der Waals surface area contributed by atoms with Crippen LogP contribution in [0.5, 0.6) is 0 Å². The second-order valence-electron chi connectivity index (χ2n) is 4.71. The van der Waals surface area contributed by atoms with Gasteiger partial charge in [-0.3, -0.25) is 9.29 Å². The van der Waals surface area contributed by atoms with E-state index in [0.717, 1.165) is 5.56 Å². The summed E-state index contributed by atoms with van der Waals surface area (Å²) in [4.78, 5) is 4.12. The molecule has 112 valence electrons. The smallest absolute Gasteiger partial charge is 0.267 e. The van der Waals surface area contributed by atoms with Crippen molar-refractivity contribution >= 4 is 21.4 Å². The Kier molecular flexibility index (Phi) is 4.47. The fraction of sp³-hybridized carbons (Fsp3) is 0.267. The molecule has 1 aromatic heterocycles. The van der Waals surface area contributed by atoms with Crippen molar-refractivity contribution in [1.29, 1.82) is 0 Å². The van der Waals surface area contributed by atoms with Gasteiger partial charge in [-0.15, -0.1) is 0 Å². The topological polar surface area (TPSA) is 62.3 Å². The zero-order chi connectivity index (χ0) is 15.5. The number of rotatable bonds is 5. The molecule has 2 aromatic rings. The molecule has 1 N–H and O–H groups in total. The van der Waals surface area contributed by atoms with Crippen LogP contribution in [0, 0.1) is 6.92 Å². The molecule has 0 unspecified atom stereocenters. The minimum absolute atomic E-state index is 0.177. The highest BCUT2D eigenvalue weighted by atomic mass is 32.2. The van der Waals surface area contributed by atoms with Crippen LogP contribution in [-0.4, -0.2) is 27.0 Å². The first-order valence-electron chi connectivity index (χ1n) is 6.70. The van der Waals surface area contributed by atoms with E-state index in [0.29, 0.717) is 17.9 Å². The van der Waals surface area contributed by atoms with Crippen molar-refractivity contribution in [3.63, 3.8) is 0 Å². The van der Waals surface area contributed by atoms with Crippen LogP contribution in [0.4, 0.5) is 11.4 Å². The van der Waals surface area contributed by atoms with E-state index < -0.39 is 10.0 Å². The molecule has 0 bridgehead atoms. The van der Waals surface area contributed by atoms with Crippen LogP contribution in [0.1, 0.15) is 12.5 Å². The summed E-state index contributed by atoms with van der Waals surface area (Å²) < 4.78 is 26.8. The molecular formula is C15H19N3O2S. The SMILES string of the molecule is CCNc1ccncc1S(=O)(=O)N(C)c1cccc(C)c1. The average Bonchev–Trinajstić information content (AvgIpc) is 2.47. The van der Waals surface area contributed by atoms with Crippen LogP contribution in [0.25, 0.3) is 0 Å². The standard InChI is InChI=1S/C15H19N3O2S/c1-4-17-14-8-9-16-11-15(14)21(19,20)18(3)13-7-5-6-12(2)10-13/h5-11H,4H2,1-3H3,(H,16,17). The first kappa shape index (κ1) is 15.3. The van der Waals surface area contributed by atoms with Crippen molar-refractivity contribution in [2.75, 3.05) is 23.2 Å². The van der Waals surface area contributed by atoms with Gasteiger partial charge in [-0.2, -0.15) is 0 Å². The molecule has 6 heteroatoms. The van der Waals surface area contributed by atoms with Crippen molar-refractivity contribution in [3.05, 3.63) is 48.3 Å². The number of aromatic nitrogens is 1. The average molecular weight is 305 g/mol. The van der Waals surface area contributed by atoms with Gasteiger partial charge in [0, 0.05) is 26.0 Å². The number of hydrogen-bond acceptors (Lipinski definition) is 4. The second kappa shape index (κ2) is 6.13. The Morgan fingerprint density at radius 3 is 2.71 bits per heavy atom. The Bertz CT molecular complexity index is 729. The number of nitrogens with one attached hydrogen (secondary N) is 1. The lowest BCUT2D eigenvalue weighted by atomic mass is 10.2. The highest BCUT2D eigenvalue weighted by Gasteiger charge is 2.24. The van der Waals surface area contributed by atoms with E-state index >= 15 is 0 Å². The van der Waals surface area contributed by atoms with E-state index in [-0.39, 0.29) is 4.90 Å². The molecule has 0 saturated carbocycles. The Morgan fingerprint density at radius 1 is 1.29 bits per heavy atom. The molecular weight excluding hydrogens is 286 g/mol. The summed E-state index contributed by atoms with van der Waals surface area (Å²) in [6.45, 7) is 4.49. The van der Waals surface area contributed by atoms with E-state index in [4.69, 9.17) is 0 Å². The van der Waals surface area contributed by atoms with E-state index in [2.05, 4.69) is 10.3 Å². The summed E-state index contributed by atoms with van der Waals surface area (Å²) in [6, 6.07) is 9.04. The molecule has 5 nitrogen and oxygen atoms in total. The summed E-state index contributed by atoms with van der Waals surface area (Å²) in [5.74, 6) is 0. The Balaban J connectivity index is 2.47. The van der Waals surface area contributed by atoms with Crippen LogP contribution in [0.15, 0.2) is 47.6 Å². The van der Waals surface area contributed by atoms with Gasteiger partial charge in [0.2, 0.25) is 0 Å². The molecule has 0 radical (unpaired) electrons. The first-order chi connectivity index (χ1) is 9.96. The van der Waals surface area contributed by atoms with Crippen LogP contribution in [0.3, 0.4) is 0 Å². The Hall–Kier alpha value is -2.08. The summed E-state index contributed by atoms with van der Waals surface area (Å²) >= 11 is 0. The first-order valence-corrected chi connectivity index (χ1v) is 8.14. The lowest BCUT2D eigenvalue weighted by Crippen LogP contribution is -2.27. The van der Waals surface area contributed by atoms with Gasteiger partial charge in [-0.25, -0.2) is 8.42 Å². The summed E-state index contributed by atoms with van der Waals surface area (Å²) in [5, 5.41) is 3.05. The number of nitrogens with zero attached hydrogens (tertiary/aromatic N) is 2. The molecule has 0 aliphatic rings. The van der Waals surface area contributed by atoms with E-state index in [1.807, 2.05) is 32.0 Å². The minimum atomic E-state index is -3.65. The van der Waals surface area contributed by atoms with Crippen molar-refractivity contribution in [3.8, 4) is 0 Å². The molecule has 0 atom stereocenters.